The first-order chi connectivity index (χ1) is 12.5. The van der Waals surface area contributed by atoms with E-state index < -0.39 is 11.9 Å². The molecule has 0 atom stereocenters. The molecule has 132 valence electrons. The first-order valence-corrected chi connectivity index (χ1v) is 8.51. The van der Waals surface area contributed by atoms with Gasteiger partial charge >= 0.3 is 6.18 Å². The molecule has 0 aliphatic heterocycles. The maximum absolute atomic E-state index is 13.1. The van der Waals surface area contributed by atoms with Gasteiger partial charge in [-0.25, -0.2) is 14.3 Å². The maximum Gasteiger partial charge on any atom is 0.435 e. The number of benzene rings is 1. The predicted octanol–water partition coefficient (Wildman–Crippen LogP) is 4.26. The number of halogens is 3. The Bertz CT molecular complexity index is 986. The fourth-order valence-electron chi connectivity index (χ4n) is 2.56. The molecule has 9 heteroatoms. The summed E-state index contributed by atoms with van der Waals surface area (Å²) in [5.41, 5.74) is 1.02. The van der Waals surface area contributed by atoms with Crippen molar-refractivity contribution in [3.05, 3.63) is 71.8 Å². The Labute approximate surface area is 150 Å². The van der Waals surface area contributed by atoms with Crippen molar-refractivity contribution in [1.29, 1.82) is 0 Å². The Morgan fingerprint density at radius 3 is 2.50 bits per heavy atom. The van der Waals surface area contributed by atoms with Crippen molar-refractivity contribution in [2.24, 2.45) is 0 Å². The van der Waals surface area contributed by atoms with E-state index in [2.05, 4.69) is 15.2 Å². The summed E-state index contributed by atoms with van der Waals surface area (Å²) < 4.78 is 42.4. The molecule has 1 aromatic carbocycles. The van der Waals surface area contributed by atoms with E-state index >= 15 is 0 Å². The number of aromatic nitrogens is 5. The lowest BCUT2D eigenvalue weighted by molar-refractivity contribution is -0.141. The van der Waals surface area contributed by atoms with Crippen molar-refractivity contribution in [3.8, 4) is 16.3 Å². The van der Waals surface area contributed by atoms with Gasteiger partial charge in [0.15, 0.2) is 5.69 Å². The molecule has 0 bridgehead atoms. The summed E-state index contributed by atoms with van der Waals surface area (Å²) >= 11 is 1.37. The number of hydrogen-bond donors (Lipinski definition) is 0. The molecule has 0 amide bonds. The second-order valence-electron chi connectivity index (χ2n) is 5.56. The molecule has 3 aromatic heterocycles. The Kier molecular flexibility index (Phi) is 4.08. The quantitative estimate of drug-likeness (QED) is 0.536. The van der Waals surface area contributed by atoms with Gasteiger partial charge in [0.1, 0.15) is 12.7 Å². The van der Waals surface area contributed by atoms with Crippen molar-refractivity contribution in [3.63, 3.8) is 0 Å². The summed E-state index contributed by atoms with van der Waals surface area (Å²) in [6.07, 6.45) is -1.44. The Balaban J connectivity index is 1.71. The minimum absolute atomic E-state index is 0.413. The smallest absolute Gasteiger partial charge is 0.249 e. The van der Waals surface area contributed by atoms with Gasteiger partial charge in [-0.1, -0.05) is 18.2 Å². The average molecular weight is 375 g/mol. The van der Waals surface area contributed by atoms with Crippen LogP contribution in [0.3, 0.4) is 0 Å². The van der Waals surface area contributed by atoms with E-state index in [0.717, 1.165) is 16.5 Å². The third-order valence-corrected chi connectivity index (χ3v) is 4.66. The van der Waals surface area contributed by atoms with E-state index in [0.29, 0.717) is 17.9 Å². The molecule has 0 saturated carbocycles. The van der Waals surface area contributed by atoms with Crippen molar-refractivity contribution in [2.75, 3.05) is 0 Å². The molecule has 4 aromatic rings. The fraction of sp³-hybridized carbons (Fsp3) is 0.118. The van der Waals surface area contributed by atoms with E-state index in [1.54, 1.807) is 35.3 Å². The highest BCUT2D eigenvalue weighted by Gasteiger charge is 2.35. The molecule has 0 saturated heterocycles. The van der Waals surface area contributed by atoms with Crippen LogP contribution in [0.2, 0.25) is 0 Å². The summed E-state index contributed by atoms with van der Waals surface area (Å²) in [5.74, 6) is 0. The van der Waals surface area contributed by atoms with Crippen LogP contribution in [0.25, 0.3) is 16.3 Å². The van der Waals surface area contributed by atoms with E-state index in [-0.39, 0.29) is 0 Å². The van der Waals surface area contributed by atoms with Crippen LogP contribution in [0.5, 0.6) is 0 Å². The second kappa shape index (κ2) is 6.41. The lowest BCUT2D eigenvalue weighted by Gasteiger charge is -2.08. The summed E-state index contributed by atoms with van der Waals surface area (Å²) in [6, 6.07) is 11.8. The number of alkyl halides is 3. The number of nitrogens with zero attached hydrogens (tertiary/aromatic N) is 5. The van der Waals surface area contributed by atoms with Crippen LogP contribution in [0.1, 0.15) is 11.3 Å². The molecule has 0 aliphatic rings. The molecule has 4 rings (SSSR count). The molecule has 0 aliphatic carbocycles. The van der Waals surface area contributed by atoms with Gasteiger partial charge in [-0.2, -0.15) is 23.4 Å². The van der Waals surface area contributed by atoms with Crippen LogP contribution in [-0.4, -0.2) is 24.5 Å². The molecule has 3 heterocycles. The van der Waals surface area contributed by atoms with Crippen LogP contribution in [0.4, 0.5) is 13.2 Å². The zero-order valence-corrected chi connectivity index (χ0v) is 14.1. The van der Waals surface area contributed by atoms with Crippen LogP contribution in [-0.2, 0) is 12.7 Å². The Morgan fingerprint density at radius 2 is 1.88 bits per heavy atom. The first-order valence-electron chi connectivity index (χ1n) is 7.63. The molecular formula is C17H12F3N5S. The van der Waals surface area contributed by atoms with Crippen LogP contribution >= 0.6 is 11.3 Å². The zero-order valence-electron chi connectivity index (χ0n) is 13.3. The average Bonchev–Trinajstić information content (AvgIpc) is 3.36. The van der Waals surface area contributed by atoms with Gasteiger partial charge in [-0.3, -0.25) is 0 Å². The monoisotopic (exact) mass is 375 g/mol. The van der Waals surface area contributed by atoms with Gasteiger partial charge in [0, 0.05) is 0 Å². The summed E-state index contributed by atoms with van der Waals surface area (Å²) in [7, 11) is 0. The van der Waals surface area contributed by atoms with E-state index in [1.165, 1.54) is 22.3 Å². The minimum Gasteiger partial charge on any atom is -0.249 e. The van der Waals surface area contributed by atoms with Crippen molar-refractivity contribution < 1.29 is 13.2 Å². The lowest BCUT2D eigenvalue weighted by Crippen LogP contribution is -2.07. The molecular weight excluding hydrogens is 363 g/mol. The Morgan fingerprint density at radius 1 is 1.08 bits per heavy atom. The summed E-state index contributed by atoms with van der Waals surface area (Å²) in [4.78, 5) is 4.60. The molecule has 0 unspecified atom stereocenters. The number of hydrogen-bond acceptors (Lipinski definition) is 4. The molecule has 0 spiro atoms. The summed E-state index contributed by atoms with van der Waals surface area (Å²) in [5, 5.41) is 9.64. The van der Waals surface area contributed by atoms with Gasteiger partial charge in [0.2, 0.25) is 0 Å². The predicted molar refractivity (Wildman–Crippen MR) is 91.0 cm³/mol. The lowest BCUT2D eigenvalue weighted by atomic mass is 10.2. The standard InChI is InChI=1S/C17H12F3N5S/c18-17(19,20)16-8-14(15-2-1-7-26-15)25(23-16)13-5-3-12(4-6-13)9-24-11-21-10-22-24/h1-8,10-11H,9H2. The van der Waals surface area contributed by atoms with Gasteiger partial charge in [-0.15, -0.1) is 11.3 Å². The van der Waals surface area contributed by atoms with E-state index in [9.17, 15) is 13.2 Å². The molecule has 0 radical (unpaired) electrons. The highest BCUT2D eigenvalue weighted by molar-refractivity contribution is 7.13. The SMILES string of the molecule is FC(F)(F)c1cc(-c2cccs2)n(-c2ccc(Cn3cncn3)cc2)n1. The maximum atomic E-state index is 13.1. The van der Waals surface area contributed by atoms with Crippen LogP contribution in [0, 0.1) is 0 Å². The Hall–Kier alpha value is -2.94. The van der Waals surface area contributed by atoms with Crippen LogP contribution < -0.4 is 0 Å². The third kappa shape index (κ3) is 3.25. The molecule has 26 heavy (non-hydrogen) atoms. The summed E-state index contributed by atoms with van der Waals surface area (Å²) in [6.45, 7) is 0.533. The fourth-order valence-corrected chi connectivity index (χ4v) is 3.29. The minimum atomic E-state index is -4.50. The van der Waals surface area contributed by atoms with Crippen LogP contribution in [0.15, 0.2) is 60.5 Å². The van der Waals surface area contributed by atoms with Crippen molar-refractivity contribution in [1.82, 2.24) is 24.5 Å². The van der Waals surface area contributed by atoms with Gasteiger partial charge in [-0.05, 0) is 35.2 Å². The highest BCUT2D eigenvalue weighted by Crippen LogP contribution is 2.34. The van der Waals surface area contributed by atoms with Gasteiger partial charge in [0.05, 0.1) is 22.8 Å². The number of rotatable bonds is 4. The second-order valence-corrected chi connectivity index (χ2v) is 6.51. The highest BCUT2D eigenvalue weighted by atomic mass is 32.1. The topological polar surface area (TPSA) is 48.5 Å². The van der Waals surface area contributed by atoms with E-state index in [1.807, 2.05) is 17.5 Å². The molecule has 5 nitrogen and oxygen atoms in total. The largest absolute Gasteiger partial charge is 0.435 e. The zero-order chi connectivity index (χ0) is 18.1. The normalized spacial score (nSPS) is 11.8. The first kappa shape index (κ1) is 16.5. The van der Waals surface area contributed by atoms with Gasteiger partial charge < -0.3 is 0 Å². The third-order valence-electron chi connectivity index (χ3n) is 3.77. The number of thiophene rings is 1. The molecule has 0 fully saturated rings. The molecule has 0 N–H and O–H groups in total. The van der Waals surface area contributed by atoms with Crippen molar-refractivity contribution >= 4 is 11.3 Å². The van der Waals surface area contributed by atoms with Gasteiger partial charge in [0.25, 0.3) is 0 Å². The van der Waals surface area contributed by atoms with Crippen molar-refractivity contribution in [2.45, 2.75) is 12.7 Å². The van der Waals surface area contributed by atoms with E-state index in [4.69, 9.17) is 0 Å².